The van der Waals surface area contributed by atoms with E-state index in [0.29, 0.717) is 0 Å². The summed E-state index contributed by atoms with van der Waals surface area (Å²) in [6.07, 6.45) is 1.71. The largest absolute Gasteiger partial charge is 0.256 e. The van der Waals surface area contributed by atoms with Gasteiger partial charge < -0.3 is 0 Å². The van der Waals surface area contributed by atoms with Gasteiger partial charge in [-0.05, 0) is 23.3 Å². The lowest BCUT2D eigenvalue weighted by molar-refractivity contribution is 1.41. The van der Waals surface area contributed by atoms with E-state index in [1.165, 1.54) is 11.1 Å². The highest BCUT2D eigenvalue weighted by molar-refractivity contribution is 5.83. The third kappa shape index (κ3) is 1.57. The summed E-state index contributed by atoms with van der Waals surface area (Å²) in [4.78, 5) is 4.31. The lowest BCUT2D eigenvalue weighted by Gasteiger charge is -2.02. The summed E-state index contributed by atoms with van der Waals surface area (Å²) < 4.78 is 0. The van der Waals surface area contributed by atoms with Gasteiger partial charge in [0.2, 0.25) is 0 Å². The molecule has 1 aromatic heterocycles. The summed E-state index contributed by atoms with van der Waals surface area (Å²) >= 11 is 0. The van der Waals surface area contributed by atoms with Crippen LogP contribution in [0, 0.1) is 6.07 Å². The molecule has 0 atom stereocenters. The molecule has 1 nitrogen and oxygen atoms in total. The van der Waals surface area contributed by atoms with Crippen molar-refractivity contribution in [1.29, 1.82) is 0 Å². The molecule has 0 saturated heterocycles. The highest BCUT2D eigenvalue weighted by Crippen LogP contribution is 2.22. The molecule has 1 heteroatoms. The third-order valence-electron chi connectivity index (χ3n) is 2.65. The quantitative estimate of drug-likeness (QED) is 0.589. The molecule has 0 amide bonds. The molecule has 16 heavy (non-hydrogen) atoms. The van der Waals surface area contributed by atoms with Crippen molar-refractivity contribution in [3.63, 3.8) is 0 Å². The van der Waals surface area contributed by atoms with E-state index >= 15 is 0 Å². The fourth-order valence-electron chi connectivity index (χ4n) is 1.82. The molecule has 3 aromatic rings. The van der Waals surface area contributed by atoms with Crippen LogP contribution < -0.4 is 0 Å². The van der Waals surface area contributed by atoms with Crippen LogP contribution in [0.15, 0.2) is 60.8 Å². The fourth-order valence-corrected chi connectivity index (χ4v) is 1.82. The summed E-state index contributed by atoms with van der Waals surface area (Å²) in [5.41, 5.74) is 3.44. The van der Waals surface area contributed by atoms with Crippen LogP contribution in [-0.4, -0.2) is 4.98 Å². The zero-order valence-electron chi connectivity index (χ0n) is 8.72. The molecule has 0 spiro atoms. The molecule has 75 valence electrons. The first kappa shape index (κ1) is 9.10. The van der Waals surface area contributed by atoms with E-state index in [0.717, 1.165) is 10.9 Å². The maximum absolute atomic E-state index is 4.31. The van der Waals surface area contributed by atoms with E-state index in [1.54, 1.807) is 6.20 Å². The molecule has 1 radical (unpaired) electrons. The van der Waals surface area contributed by atoms with Gasteiger partial charge in [0.15, 0.2) is 0 Å². The monoisotopic (exact) mass is 204 g/mol. The molecule has 0 bridgehead atoms. The van der Waals surface area contributed by atoms with Crippen molar-refractivity contribution in [2.45, 2.75) is 0 Å². The standard InChI is InChI=1S/C15H10N/c1-2-5-12(6-3-1)14-9-8-13-7-4-10-16-15(13)11-14/h1-3,5-11H. The van der Waals surface area contributed by atoms with Gasteiger partial charge in [0.1, 0.15) is 0 Å². The number of hydrogen-bond acceptors (Lipinski definition) is 1. The predicted octanol–water partition coefficient (Wildman–Crippen LogP) is 3.70. The van der Waals surface area contributed by atoms with E-state index in [9.17, 15) is 0 Å². The predicted molar refractivity (Wildman–Crippen MR) is 66.0 cm³/mol. The number of hydrogen-bond donors (Lipinski definition) is 0. The first-order valence-corrected chi connectivity index (χ1v) is 5.25. The zero-order chi connectivity index (χ0) is 10.8. The minimum Gasteiger partial charge on any atom is -0.256 e. The second-order valence-electron chi connectivity index (χ2n) is 3.71. The average Bonchev–Trinajstić information content (AvgIpc) is 2.39. The molecular formula is C15H10N. The molecule has 0 aliphatic rings. The van der Waals surface area contributed by atoms with Crippen LogP contribution in [0.2, 0.25) is 0 Å². The van der Waals surface area contributed by atoms with Crippen LogP contribution in [0.5, 0.6) is 0 Å². The smallest absolute Gasteiger partial charge is 0.0708 e. The van der Waals surface area contributed by atoms with Gasteiger partial charge in [-0.1, -0.05) is 42.5 Å². The van der Waals surface area contributed by atoms with E-state index in [-0.39, 0.29) is 0 Å². The molecule has 0 N–H and O–H groups in total. The Morgan fingerprint density at radius 3 is 2.62 bits per heavy atom. The maximum Gasteiger partial charge on any atom is 0.0708 e. The van der Waals surface area contributed by atoms with Crippen molar-refractivity contribution in [2.24, 2.45) is 0 Å². The number of rotatable bonds is 1. The van der Waals surface area contributed by atoms with Crippen LogP contribution in [0.3, 0.4) is 0 Å². The van der Waals surface area contributed by atoms with Gasteiger partial charge >= 0.3 is 0 Å². The molecule has 3 rings (SSSR count). The molecule has 0 fully saturated rings. The summed E-state index contributed by atoms with van der Waals surface area (Å²) in [5, 5.41) is 1.13. The van der Waals surface area contributed by atoms with Gasteiger partial charge in [-0.3, -0.25) is 4.98 Å². The molecule has 1 heterocycles. The van der Waals surface area contributed by atoms with Gasteiger partial charge in [-0.25, -0.2) is 0 Å². The Morgan fingerprint density at radius 2 is 1.75 bits per heavy atom. The number of aromatic nitrogens is 1. The molecule has 2 aromatic carbocycles. The summed E-state index contributed by atoms with van der Waals surface area (Å²) in [7, 11) is 0. The molecule has 0 unspecified atom stereocenters. The zero-order valence-corrected chi connectivity index (χ0v) is 8.72. The summed E-state index contributed by atoms with van der Waals surface area (Å²) in [6, 6.07) is 21.6. The van der Waals surface area contributed by atoms with Crippen LogP contribution in [-0.2, 0) is 0 Å². The first-order chi connectivity index (χ1) is 7.93. The van der Waals surface area contributed by atoms with Crippen molar-refractivity contribution in [3.05, 3.63) is 66.9 Å². The first-order valence-electron chi connectivity index (χ1n) is 5.25. The van der Waals surface area contributed by atoms with Crippen LogP contribution in [0.1, 0.15) is 0 Å². The van der Waals surface area contributed by atoms with Crippen molar-refractivity contribution < 1.29 is 0 Å². The van der Waals surface area contributed by atoms with E-state index in [1.807, 2.05) is 24.3 Å². The fraction of sp³-hybridized carbons (Fsp3) is 0. The van der Waals surface area contributed by atoms with E-state index in [2.05, 4.69) is 41.4 Å². The molecular weight excluding hydrogens is 194 g/mol. The van der Waals surface area contributed by atoms with Crippen LogP contribution in [0.25, 0.3) is 22.0 Å². The third-order valence-corrected chi connectivity index (χ3v) is 2.65. The van der Waals surface area contributed by atoms with Gasteiger partial charge in [0.05, 0.1) is 5.52 Å². The summed E-state index contributed by atoms with van der Waals surface area (Å²) in [5.74, 6) is 0. The second-order valence-corrected chi connectivity index (χ2v) is 3.71. The van der Waals surface area contributed by atoms with Crippen molar-refractivity contribution in [3.8, 4) is 11.1 Å². The number of fused-ring (bicyclic) bond motifs is 1. The van der Waals surface area contributed by atoms with Crippen LogP contribution >= 0.6 is 0 Å². The van der Waals surface area contributed by atoms with E-state index < -0.39 is 0 Å². The normalized spacial score (nSPS) is 10.5. The number of nitrogens with zero attached hydrogens (tertiary/aromatic N) is 1. The van der Waals surface area contributed by atoms with Gasteiger partial charge in [-0.15, -0.1) is 0 Å². The summed E-state index contributed by atoms with van der Waals surface area (Å²) in [6.45, 7) is 0. The van der Waals surface area contributed by atoms with E-state index in [4.69, 9.17) is 0 Å². The van der Waals surface area contributed by atoms with Crippen molar-refractivity contribution in [1.82, 2.24) is 4.98 Å². The highest BCUT2D eigenvalue weighted by atomic mass is 14.6. The van der Waals surface area contributed by atoms with Gasteiger partial charge in [0.25, 0.3) is 0 Å². The highest BCUT2D eigenvalue weighted by Gasteiger charge is 1.98. The Hall–Kier alpha value is -2.15. The minimum absolute atomic E-state index is 1.01. The number of benzene rings is 2. The topological polar surface area (TPSA) is 12.9 Å². The SMILES string of the molecule is [c]1cnc2cc(-c3ccccc3)ccc2c1. The number of pyridine rings is 1. The van der Waals surface area contributed by atoms with Gasteiger partial charge in [0, 0.05) is 17.6 Å². The Kier molecular flexibility index (Phi) is 2.15. The maximum atomic E-state index is 4.31. The van der Waals surface area contributed by atoms with Crippen molar-refractivity contribution >= 4 is 10.9 Å². The van der Waals surface area contributed by atoms with Crippen molar-refractivity contribution in [2.75, 3.05) is 0 Å². The molecule has 0 aliphatic carbocycles. The molecule has 0 aliphatic heterocycles. The lowest BCUT2D eigenvalue weighted by Crippen LogP contribution is -1.80. The van der Waals surface area contributed by atoms with Crippen LogP contribution in [0.4, 0.5) is 0 Å². The lowest BCUT2D eigenvalue weighted by atomic mass is 10.0. The Labute approximate surface area is 94.4 Å². The Balaban J connectivity index is 2.19. The Morgan fingerprint density at radius 1 is 0.875 bits per heavy atom. The average molecular weight is 204 g/mol. The minimum atomic E-state index is 1.01. The van der Waals surface area contributed by atoms with Gasteiger partial charge in [-0.2, -0.15) is 0 Å². The second kappa shape index (κ2) is 3.78. The molecule has 0 saturated carbocycles. The Bertz CT molecular complexity index is 614.